The number of hydrogen-bond donors (Lipinski definition) is 0. The summed E-state index contributed by atoms with van der Waals surface area (Å²) in [4.78, 5) is 0. The van der Waals surface area contributed by atoms with Crippen molar-refractivity contribution in [3.8, 4) is 11.8 Å². The molecular formula is C12H12ClNO. The molecule has 1 aliphatic rings. The van der Waals surface area contributed by atoms with Gasteiger partial charge in [-0.15, -0.1) is 0 Å². The molecule has 0 aromatic heterocycles. The standard InChI is InChI=1S/C12H12ClNO/c1-12(6-8(12)7-14)10-5-9(13)3-4-11(10)15-2/h3-5,8H,6H2,1-2H3. The summed E-state index contributed by atoms with van der Waals surface area (Å²) in [5.41, 5.74) is 0.967. The lowest BCUT2D eigenvalue weighted by Crippen LogP contribution is -2.06. The number of halogens is 1. The van der Waals surface area contributed by atoms with Gasteiger partial charge in [0.1, 0.15) is 5.75 Å². The average molecular weight is 222 g/mol. The molecule has 0 N–H and O–H groups in total. The van der Waals surface area contributed by atoms with Crippen LogP contribution in [0, 0.1) is 17.2 Å². The molecule has 1 fully saturated rings. The summed E-state index contributed by atoms with van der Waals surface area (Å²) in [6, 6.07) is 7.86. The Balaban J connectivity index is 2.45. The van der Waals surface area contributed by atoms with Gasteiger partial charge in [-0.1, -0.05) is 18.5 Å². The molecule has 2 rings (SSSR count). The second kappa shape index (κ2) is 3.43. The van der Waals surface area contributed by atoms with E-state index >= 15 is 0 Å². The number of nitriles is 1. The molecule has 1 aromatic carbocycles. The van der Waals surface area contributed by atoms with Gasteiger partial charge in [-0.05, 0) is 24.6 Å². The largest absolute Gasteiger partial charge is 0.496 e. The van der Waals surface area contributed by atoms with Crippen LogP contribution in [0.25, 0.3) is 0 Å². The monoisotopic (exact) mass is 221 g/mol. The van der Waals surface area contributed by atoms with Gasteiger partial charge in [-0.2, -0.15) is 5.26 Å². The zero-order valence-corrected chi connectivity index (χ0v) is 9.51. The van der Waals surface area contributed by atoms with E-state index in [1.807, 2.05) is 12.1 Å². The molecule has 1 saturated carbocycles. The van der Waals surface area contributed by atoms with E-state index < -0.39 is 0 Å². The first-order valence-electron chi connectivity index (χ1n) is 4.85. The first-order valence-corrected chi connectivity index (χ1v) is 5.23. The molecule has 0 saturated heterocycles. The summed E-state index contributed by atoms with van der Waals surface area (Å²) >= 11 is 5.96. The molecule has 0 amide bonds. The summed E-state index contributed by atoms with van der Waals surface area (Å²) < 4.78 is 5.29. The fourth-order valence-electron chi connectivity index (χ4n) is 1.98. The van der Waals surface area contributed by atoms with Crippen molar-refractivity contribution in [2.75, 3.05) is 7.11 Å². The number of methoxy groups -OCH3 is 1. The quantitative estimate of drug-likeness (QED) is 0.769. The van der Waals surface area contributed by atoms with Crippen LogP contribution in [0.3, 0.4) is 0 Å². The maximum absolute atomic E-state index is 8.91. The van der Waals surface area contributed by atoms with Crippen LogP contribution in [0.1, 0.15) is 18.9 Å². The highest BCUT2D eigenvalue weighted by atomic mass is 35.5. The van der Waals surface area contributed by atoms with Crippen molar-refractivity contribution in [1.82, 2.24) is 0 Å². The van der Waals surface area contributed by atoms with Gasteiger partial charge in [0.05, 0.1) is 19.1 Å². The molecule has 1 aliphatic carbocycles. The van der Waals surface area contributed by atoms with E-state index in [9.17, 15) is 0 Å². The Bertz CT molecular complexity index is 438. The van der Waals surface area contributed by atoms with Crippen LogP contribution < -0.4 is 4.74 Å². The predicted molar refractivity (Wildman–Crippen MR) is 59.1 cm³/mol. The zero-order chi connectivity index (χ0) is 11.1. The van der Waals surface area contributed by atoms with E-state index in [4.69, 9.17) is 21.6 Å². The van der Waals surface area contributed by atoms with Crippen molar-refractivity contribution in [2.24, 2.45) is 5.92 Å². The number of ether oxygens (including phenoxy) is 1. The molecule has 78 valence electrons. The highest BCUT2D eigenvalue weighted by molar-refractivity contribution is 6.30. The fraction of sp³-hybridized carbons (Fsp3) is 0.417. The van der Waals surface area contributed by atoms with Crippen molar-refractivity contribution in [2.45, 2.75) is 18.8 Å². The molecule has 15 heavy (non-hydrogen) atoms. The number of hydrogen-bond acceptors (Lipinski definition) is 2. The third-order valence-corrected chi connectivity index (χ3v) is 3.40. The molecule has 0 spiro atoms. The van der Waals surface area contributed by atoms with Gasteiger partial charge in [0, 0.05) is 16.0 Å². The molecule has 2 unspecified atom stereocenters. The average Bonchev–Trinajstić information content (AvgIpc) is 2.91. The van der Waals surface area contributed by atoms with Crippen LogP contribution in [-0.4, -0.2) is 7.11 Å². The van der Waals surface area contributed by atoms with E-state index in [0.29, 0.717) is 5.02 Å². The molecular weight excluding hydrogens is 210 g/mol. The third kappa shape index (κ3) is 1.57. The first-order chi connectivity index (χ1) is 7.11. The van der Waals surface area contributed by atoms with Crippen LogP contribution in [0.2, 0.25) is 5.02 Å². The molecule has 0 heterocycles. The molecule has 0 aliphatic heterocycles. The molecule has 2 nitrogen and oxygen atoms in total. The molecule has 0 bridgehead atoms. The van der Waals surface area contributed by atoms with Crippen LogP contribution in [0.4, 0.5) is 0 Å². The van der Waals surface area contributed by atoms with Crippen LogP contribution >= 0.6 is 11.6 Å². The molecule has 0 radical (unpaired) electrons. The molecule has 1 aromatic rings. The normalized spacial score (nSPS) is 28.3. The minimum atomic E-state index is -0.0784. The Kier molecular flexibility index (Phi) is 2.36. The van der Waals surface area contributed by atoms with Gasteiger partial charge < -0.3 is 4.74 Å². The smallest absolute Gasteiger partial charge is 0.122 e. The minimum Gasteiger partial charge on any atom is -0.496 e. The Morgan fingerprint density at radius 2 is 2.33 bits per heavy atom. The Labute approximate surface area is 94.4 Å². The summed E-state index contributed by atoms with van der Waals surface area (Å²) in [7, 11) is 1.64. The molecule has 2 atom stereocenters. The van der Waals surface area contributed by atoms with E-state index in [1.165, 1.54) is 0 Å². The van der Waals surface area contributed by atoms with E-state index in [-0.39, 0.29) is 11.3 Å². The van der Waals surface area contributed by atoms with Crippen molar-refractivity contribution < 1.29 is 4.74 Å². The van der Waals surface area contributed by atoms with Gasteiger partial charge in [0.25, 0.3) is 0 Å². The van der Waals surface area contributed by atoms with Crippen LogP contribution in [0.5, 0.6) is 5.75 Å². The van der Waals surface area contributed by atoms with Crippen molar-refractivity contribution in [3.63, 3.8) is 0 Å². The van der Waals surface area contributed by atoms with Crippen LogP contribution in [-0.2, 0) is 5.41 Å². The fourth-order valence-corrected chi connectivity index (χ4v) is 2.15. The number of nitrogens with zero attached hydrogens (tertiary/aromatic N) is 1. The summed E-state index contributed by atoms with van der Waals surface area (Å²) in [6.45, 7) is 2.08. The van der Waals surface area contributed by atoms with Gasteiger partial charge >= 0.3 is 0 Å². The summed E-state index contributed by atoms with van der Waals surface area (Å²) in [5.74, 6) is 0.907. The third-order valence-electron chi connectivity index (χ3n) is 3.17. The first kappa shape index (κ1) is 10.3. The minimum absolute atomic E-state index is 0.0784. The molecule has 3 heteroatoms. The Morgan fingerprint density at radius 1 is 1.60 bits per heavy atom. The van der Waals surface area contributed by atoms with E-state index in [2.05, 4.69) is 13.0 Å². The van der Waals surface area contributed by atoms with E-state index in [0.717, 1.165) is 17.7 Å². The second-order valence-electron chi connectivity index (χ2n) is 4.15. The maximum atomic E-state index is 8.91. The van der Waals surface area contributed by atoms with Gasteiger partial charge in [0.2, 0.25) is 0 Å². The summed E-state index contributed by atoms with van der Waals surface area (Å²) in [5, 5.41) is 9.60. The maximum Gasteiger partial charge on any atom is 0.122 e. The van der Waals surface area contributed by atoms with Crippen molar-refractivity contribution >= 4 is 11.6 Å². The van der Waals surface area contributed by atoms with Gasteiger partial charge in [-0.25, -0.2) is 0 Å². The van der Waals surface area contributed by atoms with Crippen molar-refractivity contribution in [1.29, 1.82) is 5.26 Å². The van der Waals surface area contributed by atoms with Gasteiger partial charge in [-0.3, -0.25) is 0 Å². The van der Waals surface area contributed by atoms with Crippen LogP contribution in [0.15, 0.2) is 18.2 Å². The lowest BCUT2D eigenvalue weighted by atomic mass is 9.95. The number of rotatable bonds is 2. The van der Waals surface area contributed by atoms with E-state index in [1.54, 1.807) is 13.2 Å². The highest BCUT2D eigenvalue weighted by Crippen LogP contribution is 2.56. The lowest BCUT2D eigenvalue weighted by molar-refractivity contribution is 0.404. The van der Waals surface area contributed by atoms with Crippen molar-refractivity contribution in [3.05, 3.63) is 28.8 Å². The van der Waals surface area contributed by atoms with Gasteiger partial charge in [0.15, 0.2) is 0 Å². The lowest BCUT2D eigenvalue weighted by Gasteiger charge is -2.14. The Hall–Kier alpha value is -1.20. The Morgan fingerprint density at radius 3 is 2.87 bits per heavy atom. The topological polar surface area (TPSA) is 33.0 Å². The highest BCUT2D eigenvalue weighted by Gasteiger charge is 2.53. The predicted octanol–water partition coefficient (Wildman–Crippen LogP) is 3.15. The number of benzene rings is 1. The second-order valence-corrected chi connectivity index (χ2v) is 4.58. The summed E-state index contributed by atoms with van der Waals surface area (Å²) in [6.07, 6.45) is 0.889. The zero-order valence-electron chi connectivity index (χ0n) is 8.75. The SMILES string of the molecule is COc1ccc(Cl)cc1C1(C)CC1C#N.